The summed E-state index contributed by atoms with van der Waals surface area (Å²) < 4.78 is 12.5. The van der Waals surface area contributed by atoms with Gasteiger partial charge in [0.05, 0.1) is 6.61 Å². The first kappa shape index (κ1) is 17.4. The van der Waals surface area contributed by atoms with Crippen molar-refractivity contribution < 1.29 is 19.4 Å². The molecule has 0 aromatic carbocycles. The second kappa shape index (κ2) is 7.42. The second-order valence-corrected chi connectivity index (χ2v) is 11.6. The molecule has 0 unspecified atom stereocenters. The van der Waals surface area contributed by atoms with Crippen molar-refractivity contribution in [3.05, 3.63) is 24.3 Å². The molecule has 0 fully saturated rings. The Labute approximate surface area is 126 Å². The second-order valence-electron chi connectivity index (χ2n) is 5.93. The van der Waals surface area contributed by atoms with Crippen LogP contribution in [0.15, 0.2) is 12.8 Å². The molecule has 1 aromatic rings. The lowest BCUT2D eigenvalue weighted by Crippen LogP contribution is -2.22. The fourth-order valence-corrected chi connectivity index (χ4v) is 2.38. The largest absolute Gasteiger partial charge is 0.491 e. The Morgan fingerprint density at radius 1 is 1.48 bits per heavy atom. The summed E-state index contributed by atoms with van der Waals surface area (Å²) in [4.78, 5) is 15.1. The molecule has 7 heteroatoms. The van der Waals surface area contributed by atoms with Gasteiger partial charge >= 0.3 is 5.97 Å². The zero-order valence-electron chi connectivity index (χ0n) is 13.2. The smallest absolute Gasteiger partial charge is 0.356 e. The van der Waals surface area contributed by atoms with Gasteiger partial charge in [0, 0.05) is 20.9 Å². The Morgan fingerprint density at radius 2 is 2.14 bits per heavy atom. The van der Waals surface area contributed by atoms with Crippen LogP contribution in [0.25, 0.3) is 5.76 Å². The van der Waals surface area contributed by atoms with E-state index in [1.54, 1.807) is 4.57 Å². The van der Waals surface area contributed by atoms with Crippen LogP contribution in [0.4, 0.5) is 0 Å². The maximum atomic E-state index is 11.0. The molecule has 0 radical (unpaired) electrons. The van der Waals surface area contributed by atoms with E-state index < -0.39 is 14.0 Å². The number of carboxylic acids is 1. The highest BCUT2D eigenvalue weighted by Crippen LogP contribution is 2.15. The van der Waals surface area contributed by atoms with Gasteiger partial charge < -0.3 is 19.1 Å². The first-order valence-corrected chi connectivity index (χ1v) is 10.7. The molecule has 0 aliphatic carbocycles. The monoisotopic (exact) mass is 312 g/mol. The van der Waals surface area contributed by atoms with Crippen molar-refractivity contribution in [1.82, 2.24) is 9.55 Å². The van der Waals surface area contributed by atoms with Crippen LogP contribution in [0, 0.1) is 0 Å². The maximum Gasteiger partial charge on any atom is 0.356 e. The van der Waals surface area contributed by atoms with E-state index in [0.717, 1.165) is 6.04 Å². The molecule has 1 rings (SSSR count). The number of aromatic nitrogens is 2. The van der Waals surface area contributed by atoms with Crippen molar-refractivity contribution in [1.29, 1.82) is 0 Å². The molecular weight excluding hydrogens is 288 g/mol. The lowest BCUT2D eigenvalue weighted by Gasteiger charge is -2.16. The van der Waals surface area contributed by atoms with Gasteiger partial charge in [-0.1, -0.05) is 26.2 Å². The minimum absolute atomic E-state index is 0.0420. The minimum atomic E-state index is -1.14. The molecule has 6 nitrogen and oxygen atoms in total. The molecule has 21 heavy (non-hydrogen) atoms. The van der Waals surface area contributed by atoms with Gasteiger partial charge in [0.15, 0.2) is 17.3 Å². The molecule has 0 saturated carbocycles. The van der Waals surface area contributed by atoms with Crippen LogP contribution in [0.3, 0.4) is 0 Å². The third-order valence-corrected chi connectivity index (χ3v) is 4.49. The molecule has 0 spiro atoms. The first-order chi connectivity index (χ1) is 9.74. The number of carbonyl (C=O) groups is 1. The third-order valence-electron chi connectivity index (χ3n) is 2.79. The Hall–Kier alpha value is -1.60. The molecule has 118 valence electrons. The summed E-state index contributed by atoms with van der Waals surface area (Å²) in [7, 11) is -1.14. The zero-order valence-corrected chi connectivity index (χ0v) is 14.2. The van der Waals surface area contributed by atoms with E-state index >= 15 is 0 Å². The molecule has 0 aliphatic heterocycles. The van der Waals surface area contributed by atoms with Crippen molar-refractivity contribution in [2.45, 2.75) is 39.3 Å². The van der Waals surface area contributed by atoms with Crippen LogP contribution >= 0.6 is 0 Å². The summed E-state index contributed by atoms with van der Waals surface area (Å²) in [6.45, 7) is 13.8. The molecule has 1 heterocycles. The lowest BCUT2D eigenvalue weighted by atomic mass is 10.5. The highest BCUT2D eigenvalue weighted by molar-refractivity contribution is 6.76. The normalized spacial score (nSPS) is 11.4. The Morgan fingerprint density at radius 3 is 2.67 bits per heavy atom. The van der Waals surface area contributed by atoms with Crippen LogP contribution in [-0.4, -0.2) is 41.9 Å². The number of hydrogen-bond donors (Lipinski definition) is 1. The van der Waals surface area contributed by atoms with Crippen molar-refractivity contribution in [3.8, 4) is 0 Å². The van der Waals surface area contributed by atoms with Crippen LogP contribution < -0.4 is 0 Å². The van der Waals surface area contributed by atoms with E-state index in [9.17, 15) is 4.79 Å². The van der Waals surface area contributed by atoms with Crippen molar-refractivity contribution >= 4 is 19.8 Å². The molecule has 1 N–H and O–H groups in total. The minimum Gasteiger partial charge on any atom is -0.491 e. The first-order valence-electron chi connectivity index (χ1n) is 6.95. The summed E-state index contributed by atoms with van der Waals surface area (Å²) in [5.41, 5.74) is -0.0420. The van der Waals surface area contributed by atoms with Gasteiger partial charge in [0.2, 0.25) is 0 Å². The molecule has 0 amide bonds. The van der Waals surface area contributed by atoms with Gasteiger partial charge in [-0.3, -0.25) is 0 Å². The topological polar surface area (TPSA) is 73.6 Å². The fourth-order valence-electron chi connectivity index (χ4n) is 1.62. The van der Waals surface area contributed by atoms with Crippen molar-refractivity contribution in [3.63, 3.8) is 0 Å². The Kier molecular flexibility index (Phi) is 6.16. The summed E-state index contributed by atoms with van der Waals surface area (Å²) in [6.07, 6.45) is 1.44. The van der Waals surface area contributed by atoms with Crippen LogP contribution in [-0.2, 0) is 16.2 Å². The predicted molar refractivity (Wildman–Crippen MR) is 84.0 cm³/mol. The highest BCUT2D eigenvalue weighted by Gasteiger charge is 2.17. The van der Waals surface area contributed by atoms with Crippen molar-refractivity contribution in [2.75, 3.05) is 13.2 Å². The Balaban J connectivity index is 2.74. The molecule has 0 aliphatic rings. The zero-order chi connectivity index (χ0) is 16.0. The molecule has 1 aromatic heterocycles. The molecular formula is C14H24N2O4Si. The fraction of sp³-hybridized carbons (Fsp3) is 0.571. The number of aromatic carboxylic acids is 1. The number of nitrogens with zero attached hydrogens (tertiary/aromatic N) is 2. The van der Waals surface area contributed by atoms with E-state index in [1.807, 2.05) is 6.92 Å². The molecule has 0 bridgehead atoms. The van der Waals surface area contributed by atoms with Gasteiger partial charge in [0.25, 0.3) is 0 Å². The van der Waals surface area contributed by atoms with Crippen molar-refractivity contribution in [2.24, 2.45) is 0 Å². The average Bonchev–Trinajstić information content (AvgIpc) is 2.78. The lowest BCUT2D eigenvalue weighted by molar-refractivity contribution is 0.0689. The highest BCUT2D eigenvalue weighted by atomic mass is 28.3. The van der Waals surface area contributed by atoms with E-state index in [2.05, 4.69) is 31.2 Å². The summed E-state index contributed by atoms with van der Waals surface area (Å²) in [6, 6.07) is 1.05. The summed E-state index contributed by atoms with van der Waals surface area (Å²) >= 11 is 0. The summed E-state index contributed by atoms with van der Waals surface area (Å²) in [5, 5.41) is 9.03. The van der Waals surface area contributed by atoms with Gasteiger partial charge in [-0.2, -0.15) is 0 Å². The predicted octanol–water partition coefficient (Wildman–Crippen LogP) is 2.90. The van der Waals surface area contributed by atoms with Crippen LogP contribution in [0.5, 0.6) is 0 Å². The van der Waals surface area contributed by atoms with Crippen LogP contribution in [0.2, 0.25) is 25.7 Å². The van der Waals surface area contributed by atoms with Gasteiger partial charge in [-0.05, 0) is 13.0 Å². The van der Waals surface area contributed by atoms with E-state index in [0.29, 0.717) is 24.8 Å². The average molecular weight is 312 g/mol. The van der Waals surface area contributed by atoms with Gasteiger partial charge in [-0.15, -0.1) is 0 Å². The standard InChI is InChI=1S/C14H24N2O4Si/c1-6-20-11(2)13-15-12(14(17)18)9-16(13)10-19-7-8-21(3,4)5/h9H,2,6-8,10H2,1,3-5H3,(H,17,18). The van der Waals surface area contributed by atoms with Gasteiger partial charge in [0.1, 0.15) is 6.73 Å². The number of ether oxygens (including phenoxy) is 2. The number of hydrogen-bond acceptors (Lipinski definition) is 4. The maximum absolute atomic E-state index is 11.0. The summed E-state index contributed by atoms with van der Waals surface area (Å²) in [5.74, 6) is -0.345. The number of carboxylic acid groups (broad SMARTS) is 1. The molecule has 0 saturated heterocycles. The van der Waals surface area contributed by atoms with E-state index in [-0.39, 0.29) is 12.4 Å². The number of imidazole rings is 1. The van der Waals surface area contributed by atoms with E-state index in [1.165, 1.54) is 6.20 Å². The SMILES string of the molecule is C=C(OCC)c1nc(C(=O)O)cn1COCC[Si](C)(C)C. The number of rotatable bonds is 9. The third kappa shape index (κ3) is 5.72. The molecule has 0 atom stereocenters. The van der Waals surface area contributed by atoms with E-state index in [4.69, 9.17) is 14.6 Å². The quantitative estimate of drug-likeness (QED) is 0.431. The van der Waals surface area contributed by atoms with Crippen LogP contribution in [0.1, 0.15) is 23.2 Å². The van der Waals surface area contributed by atoms with Gasteiger partial charge in [-0.25, -0.2) is 9.78 Å². The Bertz CT molecular complexity index is 506.